The Morgan fingerprint density at radius 2 is 1.78 bits per heavy atom. The largest absolute Gasteiger partial charge is 0.470 e. The van der Waals surface area contributed by atoms with Crippen LogP contribution < -0.4 is 4.74 Å². The van der Waals surface area contributed by atoms with Crippen molar-refractivity contribution >= 4 is 5.91 Å². The molecule has 4 heteroatoms. The third kappa shape index (κ3) is 6.44. The smallest absolute Gasteiger partial charge is 0.248 e. The van der Waals surface area contributed by atoms with E-state index in [1.165, 1.54) is 74.0 Å². The van der Waals surface area contributed by atoms with Gasteiger partial charge >= 0.3 is 0 Å². The number of nitrogens with zero attached hydrogens (tertiary/aromatic N) is 1. The van der Waals surface area contributed by atoms with Gasteiger partial charge < -0.3 is 9.64 Å². The lowest BCUT2D eigenvalue weighted by Gasteiger charge is -2.29. The topological polar surface area (TPSA) is 29.5 Å². The minimum atomic E-state index is -0.438. The summed E-state index contributed by atoms with van der Waals surface area (Å²) in [5.74, 6) is 0.981. The molecule has 172 valence electrons. The number of carbonyl (C=O) groups excluding carboxylic acids is 1. The van der Waals surface area contributed by atoms with Gasteiger partial charge in [0.15, 0.2) is 18.3 Å². The summed E-state index contributed by atoms with van der Waals surface area (Å²) < 4.78 is 20.0. The lowest BCUT2D eigenvalue weighted by molar-refractivity contribution is -0.127. The third-order valence-electron chi connectivity index (χ3n) is 6.67. The number of ether oxygens (including phenoxy) is 1. The molecule has 0 unspecified atom stereocenters. The number of halogens is 1. The van der Waals surface area contributed by atoms with E-state index in [1.807, 2.05) is 6.07 Å². The maximum Gasteiger partial charge on any atom is 0.248 e. The van der Waals surface area contributed by atoms with Crippen molar-refractivity contribution < 1.29 is 13.9 Å². The molecule has 1 aliphatic rings. The second kappa shape index (κ2) is 11.8. The Morgan fingerprint density at radius 1 is 1.09 bits per heavy atom. The van der Waals surface area contributed by atoms with Crippen LogP contribution in [0.2, 0.25) is 0 Å². The van der Waals surface area contributed by atoms with Crippen LogP contribution in [-0.4, -0.2) is 24.6 Å². The quantitative estimate of drug-likeness (QED) is 0.221. The van der Waals surface area contributed by atoms with Crippen LogP contribution in [0, 0.1) is 11.7 Å². The Balaban J connectivity index is 1.56. The van der Waals surface area contributed by atoms with E-state index in [1.54, 1.807) is 13.1 Å². The average Bonchev–Trinajstić information content (AvgIpc) is 2.83. The van der Waals surface area contributed by atoms with Gasteiger partial charge in [-0.25, -0.2) is 4.39 Å². The molecular formula is C28H36FNO2. The number of likely N-dealkylation sites (N-methyl/N-ethyl adjacent to an activating group) is 1. The van der Waals surface area contributed by atoms with E-state index in [9.17, 15) is 9.18 Å². The second-order valence-corrected chi connectivity index (χ2v) is 8.99. The fraction of sp³-hybridized carbons (Fsp3) is 0.464. The SMILES string of the molecule is C=CC(=O)N(C)COc1ccc(-c2ccc(C3CCC(CCCCC)CC3)cc2)cc1F. The van der Waals surface area contributed by atoms with Crippen molar-refractivity contribution in [2.45, 2.75) is 64.2 Å². The predicted octanol–water partition coefficient (Wildman–Crippen LogP) is 7.33. The molecule has 32 heavy (non-hydrogen) atoms. The lowest BCUT2D eigenvalue weighted by Crippen LogP contribution is -2.29. The van der Waals surface area contributed by atoms with Crippen LogP contribution in [0.4, 0.5) is 4.39 Å². The highest BCUT2D eigenvalue weighted by Crippen LogP contribution is 2.38. The van der Waals surface area contributed by atoms with Gasteiger partial charge in [-0.2, -0.15) is 0 Å². The minimum absolute atomic E-state index is 0.0311. The molecule has 3 rings (SSSR count). The molecule has 0 atom stereocenters. The number of carbonyl (C=O) groups is 1. The van der Waals surface area contributed by atoms with Gasteiger partial charge in [0.1, 0.15) is 0 Å². The Labute approximate surface area is 192 Å². The lowest BCUT2D eigenvalue weighted by atomic mass is 9.77. The number of amides is 1. The number of benzene rings is 2. The fourth-order valence-electron chi connectivity index (χ4n) is 4.60. The summed E-state index contributed by atoms with van der Waals surface area (Å²) in [6.07, 6.45) is 11.9. The van der Waals surface area contributed by atoms with Crippen LogP contribution >= 0.6 is 0 Å². The number of hydrogen-bond acceptors (Lipinski definition) is 2. The zero-order valence-electron chi connectivity index (χ0n) is 19.5. The van der Waals surface area contributed by atoms with E-state index < -0.39 is 5.82 Å². The van der Waals surface area contributed by atoms with Gasteiger partial charge in [0.25, 0.3) is 0 Å². The molecule has 2 aromatic carbocycles. The van der Waals surface area contributed by atoms with Gasteiger partial charge in [0.05, 0.1) is 0 Å². The Hall–Kier alpha value is -2.62. The molecule has 0 saturated heterocycles. The molecule has 0 heterocycles. The summed E-state index contributed by atoms with van der Waals surface area (Å²) >= 11 is 0. The van der Waals surface area contributed by atoms with Crippen molar-refractivity contribution in [1.29, 1.82) is 0 Å². The van der Waals surface area contributed by atoms with Crippen molar-refractivity contribution in [2.75, 3.05) is 13.8 Å². The highest BCUT2D eigenvalue weighted by atomic mass is 19.1. The fourth-order valence-corrected chi connectivity index (χ4v) is 4.60. The van der Waals surface area contributed by atoms with Crippen LogP contribution in [0.3, 0.4) is 0 Å². The van der Waals surface area contributed by atoms with E-state index in [2.05, 4.69) is 37.8 Å². The van der Waals surface area contributed by atoms with Crippen molar-refractivity contribution in [3.63, 3.8) is 0 Å². The molecule has 3 nitrogen and oxygen atoms in total. The van der Waals surface area contributed by atoms with Gasteiger partial charge in [-0.3, -0.25) is 4.79 Å². The molecular weight excluding hydrogens is 401 g/mol. The van der Waals surface area contributed by atoms with E-state index in [4.69, 9.17) is 4.74 Å². The zero-order valence-corrected chi connectivity index (χ0v) is 19.5. The molecule has 1 amide bonds. The molecule has 0 bridgehead atoms. The van der Waals surface area contributed by atoms with Gasteiger partial charge in [0.2, 0.25) is 5.91 Å². The third-order valence-corrected chi connectivity index (χ3v) is 6.67. The second-order valence-electron chi connectivity index (χ2n) is 8.99. The normalized spacial score (nSPS) is 18.2. The molecule has 0 N–H and O–H groups in total. The van der Waals surface area contributed by atoms with Crippen molar-refractivity contribution in [3.8, 4) is 16.9 Å². The summed E-state index contributed by atoms with van der Waals surface area (Å²) in [5.41, 5.74) is 3.21. The van der Waals surface area contributed by atoms with Crippen LogP contribution in [0.25, 0.3) is 11.1 Å². The Morgan fingerprint density at radius 3 is 2.41 bits per heavy atom. The number of hydrogen-bond donors (Lipinski definition) is 0. The summed E-state index contributed by atoms with van der Waals surface area (Å²) in [7, 11) is 1.58. The van der Waals surface area contributed by atoms with Crippen LogP contribution in [0.1, 0.15) is 69.8 Å². The molecule has 0 radical (unpaired) electrons. The van der Waals surface area contributed by atoms with Crippen molar-refractivity contribution in [1.82, 2.24) is 4.90 Å². The highest BCUT2D eigenvalue weighted by molar-refractivity contribution is 5.86. The van der Waals surface area contributed by atoms with Crippen LogP contribution in [0.15, 0.2) is 55.1 Å². The van der Waals surface area contributed by atoms with Crippen LogP contribution in [0.5, 0.6) is 5.75 Å². The maximum absolute atomic E-state index is 14.5. The number of unbranched alkanes of at least 4 members (excludes halogenated alkanes) is 2. The first-order valence-corrected chi connectivity index (χ1v) is 11.9. The molecule has 1 aliphatic carbocycles. The van der Waals surface area contributed by atoms with Crippen molar-refractivity contribution in [3.05, 3.63) is 66.5 Å². The molecule has 0 aliphatic heterocycles. The highest BCUT2D eigenvalue weighted by Gasteiger charge is 2.22. The summed E-state index contributed by atoms with van der Waals surface area (Å²) in [4.78, 5) is 12.8. The number of rotatable bonds is 10. The van der Waals surface area contributed by atoms with E-state index >= 15 is 0 Å². The van der Waals surface area contributed by atoms with E-state index in [0.29, 0.717) is 5.92 Å². The first kappa shape index (κ1) is 24.0. The molecule has 1 saturated carbocycles. The first-order valence-electron chi connectivity index (χ1n) is 11.9. The zero-order chi connectivity index (χ0) is 22.9. The van der Waals surface area contributed by atoms with Gasteiger partial charge in [-0.1, -0.05) is 69.5 Å². The average molecular weight is 438 g/mol. The molecule has 0 aromatic heterocycles. The molecule has 2 aromatic rings. The van der Waals surface area contributed by atoms with E-state index in [0.717, 1.165) is 17.0 Å². The van der Waals surface area contributed by atoms with Gasteiger partial charge in [-0.15, -0.1) is 0 Å². The Kier molecular flexibility index (Phi) is 8.90. The Bertz CT molecular complexity index is 885. The van der Waals surface area contributed by atoms with Gasteiger partial charge in [-0.05, 0) is 72.4 Å². The van der Waals surface area contributed by atoms with Gasteiger partial charge in [0, 0.05) is 7.05 Å². The standard InChI is InChI=1S/C28H36FNO2/c1-4-6-7-8-21-9-11-22(12-10-21)23-13-15-24(16-14-23)25-17-18-27(26(29)19-25)32-20-30(3)28(31)5-2/h5,13-19,21-22H,2,4,6-12,20H2,1,3H3. The monoisotopic (exact) mass is 437 g/mol. The molecule has 0 spiro atoms. The minimum Gasteiger partial charge on any atom is -0.470 e. The summed E-state index contributed by atoms with van der Waals surface area (Å²) in [6.45, 7) is 5.67. The van der Waals surface area contributed by atoms with Crippen molar-refractivity contribution in [2.24, 2.45) is 5.92 Å². The summed E-state index contributed by atoms with van der Waals surface area (Å²) in [6, 6.07) is 13.5. The van der Waals surface area contributed by atoms with E-state index in [-0.39, 0.29) is 18.4 Å². The first-order chi connectivity index (χ1) is 15.5. The van der Waals surface area contributed by atoms with Crippen LogP contribution in [-0.2, 0) is 4.79 Å². The predicted molar refractivity (Wildman–Crippen MR) is 129 cm³/mol. The summed E-state index contributed by atoms with van der Waals surface area (Å²) in [5, 5.41) is 0. The molecule has 1 fully saturated rings. The maximum atomic E-state index is 14.5.